The van der Waals surface area contributed by atoms with Gasteiger partial charge in [0.2, 0.25) is 0 Å². The van der Waals surface area contributed by atoms with Crippen molar-refractivity contribution in [1.82, 2.24) is 4.98 Å². The molecular formula is C24H31NO4. The molecule has 0 saturated heterocycles. The third-order valence-corrected chi connectivity index (χ3v) is 5.61. The van der Waals surface area contributed by atoms with Gasteiger partial charge in [0.05, 0.1) is 6.61 Å². The smallest absolute Gasteiger partial charge is 0.355 e. The Morgan fingerprint density at radius 1 is 1.14 bits per heavy atom. The zero-order valence-electron chi connectivity index (χ0n) is 18.1. The molecule has 156 valence electrons. The van der Waals surface area contributed by atoms with E-state index in [-0.39, 0.29) is 23.7 Å². The highest BCUT2D eigenvalue weighted by Crippen LogP contribution is 2.36. The number of hydrogen-bond donors (Lipinski definition) is 1. The molecule has 1 unspecified atom stereocenters. The van der Waals surface area contributed by atoms with E-state index in [2.05, 4.69) is 50.0 Å². The number of hydrogen-bond acceptors (Lipinski definition) is 4. The molecule has 0 fully saturated rings. The van der Waals surface area contributed by atoms with E-state index in [4.69, 9.17) is 9.47 Å². The van der Waals surface area contributed by atoms with Crippen molar-refractivity contribution in [2.75, 3.05) is 19.8 Å². The van der Waals surface area contributed by atoms with E-state index in [1.165, 1.54) is 5.56 Å². The van der Waals surface area contributed by atoms with Crippen LogP contribution in [-0.2, 0) is 21.3 Å². The van der Waals surface area contributed by atoms with E-state index in [0.29, 0.717) is 42.9 Å². The summed E-state index contributed by atoms with van der Waals surface area (Å²) >= 11 is 0. The van der Waals surface area contributed by atoms with Crippen LogP contribution < -0.4 is 0 Å². The summed E-state index contributed by atoms with van der Waals surface area (Å²) in [5, 5.41) is 0. The summed E-state index contributed by atoms with van der Waals surface area (Å²) in [6.45, 7) is 11.4. The molecule has 29 heavy (non-hydrogen) atoms. The average Bonchev–Trinajstić information content (AvgIpc) is 3.01. The number of fused-ring (bicyclic) bond motifs is 1. The second-order valence-electron chi connectivity index (χ2n) is 8.71. The maximum Gasteiger partial charge on any atom is 0.355 e. The van der Waals surface area contributed by atoms with Gasteiger partial charge in [-0.1, -0.05) is 45.0 Å². The highest BCUT2D eigenvalue weighted by atomic mass is 16.6. The van der Waals surface area contributed by atoms with Crippen LogP contribution in [-0.4, -0.2) is 36.6 Å². The molecule has 3 rings (SSSR count). The summed E-state index contributed by atoms with van der Waals surface area (Å²) in [5.74, 6) is -0.238. The van der Waals surface area contributed by atoms with Gasteiger partial charge in [0.1, 0.15) is 12.3 Å². The van der Waals surface area contributed by atoms with Gasteiger partial charge in [0.25, 0.3) is 0 Å². The summed E-state index contributed by atoms with van der Waals surface area (Å²) in [6, 6.07) is 8.55. The molecule has 5 heteroatoms. The van der Waals surface area contributed by atoms with Crippen molar-refractivity contribution in [1.29, 1.82) is 0 Å². The number of nitrogens with one attached hydrogen (secondary N) is 1. The first-order chi connectivity index (χ1) is 13.7. The lowest BCUT2D eigenvalue weighted by molar-refractivity contribution is 0.0329. The number of aromatic nitrogens is 1. The highest BCUT2D eigenvalue weighted by Gasteiger charge is 2.32. The lowest BCUT2D eigenvalue weighted by Crippen LogP contribution is -2.19. The van der Waals surface area contributed by atoms with Crippen LogP contribution in [0.1, 0.15) is 83.3 Å². The van der Waals surface area contributed by atoms with Crippen molar-refractivity contribution in [3.8, 4) is 0 Å². The number of aromatic amines is 1. The quantitative estimate of drug-likeness (QED) is 0.565. The number of esters is 1. The Hall–Kier alpha value is -2.40. The van der Waals surface area contributed by atoms with Crippen molar-refractivity contribution in [3.05, 3.63) is 57.9 Å². The highest BCUT2D eigenvalue weighted by molar-refractivity contribution is 6.03. The number of carbonyl (C=O) groups excluding carboxylic acids is 2. The minimum Gasteiger partial charge on any atom is -0.459 e. The summed E-state index contributed by atoms with van der Waals surface area (Å²) in [7, 11) is 0. The zero-order chi connectivity index (χ0) is 21.2. The van der Waals surface area contributed by atoms with E-state index in [9.17, 15) is 9.59 Å². The normalized spacial score (nSPS) is 16.6. The number of H-pyrrole nitrogens is 1. The van der Waals surface area contributed by atoms with Gasteiger partial charge in [-0.05, 0) is 48.3 Å². The molecule has 1 aromatic heterocycles. The fourth-order valence-corrected chi connectivity index (χ4v) is 3.94. The molecule has 1 aliphatic rings. The molecule has 1 heterocycles. The van der Waals surface area contributed by atoms with E-state index in [0.717, 1.165) is 11.3 Å². The van der Waals surface area contributed by atoms with Crippen molar-refractivity contribution in [3.63, 3.8) is 0 Å². The van der Waals surface area contributed by atoms with Crippen molar-refractivity contribution in [2.24, 2.45) is 0 Å². The van der Waals surface area contributed by atoms with Gasteiger partial charge in [-0.2, -0.15) is 0 Å². The predicted octanol–water partition coefficient (Wildman–Crippen LogP) is 4.73. The van der Waals surface area contributed by atoms with Gasteiger partial charge in [-0.3, -0.25) is 4.79 Å². The molecule has 0 amide bonds. The molecule has 5 nitrogen and oxygen atoms in total. The molecule has 1 aromatic carbocycles. The summed E-state index contributed by atoms with van der Waals surface area (Å²) in [6.07, 6.45) is 1.17. The Balaban J connectivity index is 1.78. The molecule has 0 radical (unpaired) electrons. The molecule has 1 aliphatic carbocycles. The van der Waals surface area contributed by atoms with Crippen LogP contribution in [0.2, 0.25) is 0 Å². The number of benzene rings is 1. The zero-order valence-corrected chi connectivity index (χ0v) is 18.1. The van der Waals surface area contributed by atoms with E-state index in [1.807, 2.05) is 13.8 Å². The number of ether oxygens (including phenoxy) is 2. The lowest BCUT2D eigenvalue weighted by atomic mass is 9.80. The molecule has 0 aliphatic heterocycles. The summed E-state index contributed by atoms with van der Waals surface area (Å²) < 4.78 is 10.5. The Bertz CT molecular complexity index is 887. The number of Topliss-reactive ketones (excluding diaryl/α,β-unsaturated/α-hetero) is 1. The second-order valence-corrected chi connectivity index (χ2v) is 8.71. The minimum atomic E-state index is -0.435. The Morgan fingerprint density at radius 2 is 1.83 bits per heavy atom. The maximum atomic E-state index is 12.9. The number of carbonyl (C=O) groups is 2. The SMILES string of the molecule is CCOCCOC(=O)c1[nH]c2c(c1C)C(=O)CC(c1ccc(C(C)(C)C)cc1)C2. The van der Waals surface area contributed by atoms with Crippen molar-refractivity contribution in [2.45, 2.75) is 58.8 Å². The van der Waals surface area contributed by atoms with Crippen LogP contribution in [0.15, 0.2) is 24.3 Å². The van der Waals surface area contributed by atoms with Crippen LogP contribution in [0, 0.1) is 6.92 Å². The van der Waals surface area contributed by atoms with Crippen LogP contribution >= 0.6 is 0 Å². The van der Waals surface area contributed by atoms with Crippen LogP contribution in [0.5, 0.6) is 0 Å². The van der Waals surface area contributed by atoms with Gasteiger partial charge in [-0.15, -0.1) is 0 Å². The largest absolute Gasteiger partial charge is 0.459 e. The third-order valence-electron chi connectivity index (χ3n) is 5.61. The summed E-state index contributed by atoms with van der Waals surface area (Å²) in [5.41, 5.74) is 5.09. The van der Waals surface area contributed by atoms with Crippen molar-refractivity contribution < 1.29 is 19.1 Å². The van der Waals surface area contributed by atoms with E-state index >= 15 is 0 Å². The van der Waals surface area contributed by atoms with Gasteiger partial charge in [0.15, 0.2) is 5.78 Å². The molecule has 1 N–H and O–H groups in total. The van der Waals surface area contributed by atoms with E-state index < -0.39 is 5.97 Å². The maximum absolute atomic E-state index is 12.9. The molecular weight excluding hydrogens is 366 g/mol. The predicted molar refractivity (Wildman–Crippen MR) is 113 cm³/mol. The van der Waals surface area contributed by atoms with Crippen molar-refractivity contribution >= 4 is 11.8 Å². The van der Waals surface area contributed by atoms with Gasteiger partial charge in [0, 0.05) is 24.3 Å². The fourth-order valence-electron chi connectivity index (χ4n) is 3.94. The first-order valence-corrected chi connectivity index (χ1v) is 10.3. The van der Waals surface area contributed by atoms with Crippen LogP contribution in [0.3, 0.4) is 0 Å². The van der Waals surface area contributed by atoms with Gasteiger partial charge >= 0.3 is 5.97 Å². The van der Waals surface area contributed by atoms with Crippen LogP contribution in [0.4, 0.5) is 0 Å². The minimum absolute atomic E-state index is 0.0817. The number of rotatable bonds is 6. The molecule has 1 atom stereocenters. The topological polar surface area (TPSA) is 68.4 Å². The third kappa shape index (κ3) is 4.61. The molecule has 2 aromatic rings. The molecule has 0 bridgehead atoms. The summed E-state index contributed by atoms with van der Waals surface area (Å²) in [4.78, 5) is 28.4. The standard InChI is InChI=1S/C24H31NO4/c1-6-28-11-12-29-23(27)22-15(2)21-19(25-22)13-17(14-20(21)26)16-7-9-18(10-8-16)24(3,4)5/h7-10,17,25H,6,11-14H2,1-5H3. The lowest BCUT2D eigenvalue weighted by Gasteiger charge is -2.24. The van der Waals surface area contributed by atoms with Crippen LogP contribution in [0.25, 0.3) is 0 Å². The molecule has 0 saturated carbocycles. The number of ketones is 1. The second kappa shape index (κ2) is 8.54. The molecule has 0 spiro atoms. The van der Waals surface area contributed by atoms with Gasteiger partial charge in [-0.25, -0.2) is 4.79 Å². The van der Waals surface area contributed by atoms with E-state index in [1.54, 1.807) is 0 Å². The Labute approximate surface area is 172 Å². The van der Waals surface area contributed by atoms with Gasteiger partial charge < -0.3 is 14.5 Å². The average molecular weight is 398 g/mol. The first-order valence-electron chi connectivity index (χ1n) is 10.3. The monoisotopic (exact) mass is 397 g/mol. The Morgan fingerprint density at radius 3 is 2.45 bits per heavy atom. The fraction of sp³-hybridized carbons (Fsp3) is 0.500. The first kappa shape index (κ1) is 21.3. The Kier molecular flexibility index (Phi) is 6.27.